The number of hydrogen-bond donors (Lipinski definition) is 0. The lowest BCUT2D eigenvalue weighted by atomic mass is 10.2. The van der Waals surface area contributed by atoms with Crippen LogP contribution in [0.2, 0.25) is 0 Å². The Morgan fingerprint density at radius 2 is 1.60 bits per heavy atom. The summed E-state index contributed by atoms with van der Waals surface area (Å²) < 4.78 is 5.09. The Labute approximate surface area is 119 Å². The van der Waals surface area contributed by atoms with E-state index in [9.17, 15) is 9.59 Å². The first kappa shape index (κ1) is 14.4. The second-order valence-electron chi connectivity index (χ2n) is 4.88. The number of nitrogens with zero attached hydrogens (tertiary/aromatic N) is 2. The van der Waals surface area contributed by atoms with Crippen molar-refractivity contribution in [2.75, 3.05) is 33.3 Å². The summed E-state index contributed by atoms with van der Waals surface area (Å²) in [6.07, 6.45) is 0.821. The highest BCUT2D eigenvalue weighted by Gasteiger charge is 2.21. The van der Waals surface area contributed by atoms with Gasteiger partial charge in [0.1, 0.15) is 5.75 Å². The van der Waals surface area contributed by atoms with Crippen LogP contribution in [0.3, 0.4) is 0 Å². The third-order valence-corrected chi connectivity index (χ3v) is 3.57. The minimum atomic E-state index is 0.0121. The molecule has 1 fully saturated rings. The van der Waals surface area contributed by atoms with Gasteiger partial charge in [-0.3, -0.25) is 9.59 Å². The maximum atomic E-state index is 12.4. The zero-order chi connectivity index (χ0) is 14.5. The van der Waals surface area contributed by atoms with Crippen LogP contribution < -0.4 is 4.74 Å². The van der Waals surface area contributed by atoms with Crippen LogP contribution in [0.4, 0.5) is 0 Å². The molecule has 0 saturated carbocycles. The van der Waals surface area contributed by atoms with Crippen LogP contribution in [0.25, 0.3) is 0 Å². The molecule has 0 N–H and O–H groups in total. The van der Waals surface area contributed by atoms with E-state index in [1.54, 1.807) is 43.2 Å². The first-order valence-electron chi connectivity index (χ1n) is 6.80. The number of carbonyl (C=O) groups excluding carboxylic acids is 2. The molecule has 0 radical (unpaired) electrons. The van der Waals surface area contributed by atoms with Crippen LogP contribution in [0.1, 0.15) is 23.7 Å². The van der Waals surface area contributed by atoms with Crippen molar-refractivity contribution in [2.24, 2.45) is 0 Å². The average Bonchev–Trinajstić information content (AvgIpc) is 2.72. The van der Waals surface area contributed by atoms with Gasteiger partial charge in [0.25, 0.3) is 5.91 Å². The van der Waals surface area contributed by atoms with Crippen LogP contribution in [0.5, 0.6) is 5.75 Å². The van der Waals surface area contributed by atoms with Gasteiger partial charge >= 0.3 is 0 Å². The van der Waals surface area contributed by atoms with Gasteiger partial charge in [0.2, 0.25) is 5.91 Å². The Balaban J connectivity index is 2.03. The normalized spacial score (nSPS) is 15.7. The highest BCUT2D eigenvalue weighted by molar-refractivity contribution is 5.94. The Morgan fingerprint density at radius 1 is 1.00 bits per heavy atom. The van der Waals surface area contributed by atoms with Gasteiger partial charge in [-0.15, -0.1) is 0 Å². The summed E-state index contributed by atoms with van der Waals surface area (Å²) in [5, 5.41) is 0. The van der Waals surface area contributed by atoms with Crippen molar-refractivity contribution < 1.29 is 14.3 Å². The molecule has 1 aliphatic heterocycles. The minimum absolute atomic E-state index is 0.0121. The number of hydrogen-bond acceptors (Lipinski definition) is 3. The molecule has 5 heteroatoms. The predicted octanol–water partition coefficient (Wildman–Crippen LogP) is 1.39. The van der Waals surface area contributed by atoms with E-state index in [1.807, 2.05) is 4.90 Å². The number of carbonyl (C=O) groups is 2. The summed E-state index contributed by atoms with van der Waals surface area (Å²) in [6, 6.07) is 7.11. The van der Waals surface area contributed by atoms with E-state index in [0.717, 1.165) is 18.7 Å². The van der Waals surface area contributed by atoms with Crippen LogP contribution in [-0.4, -0.2) is 54.9 Å². The topological polar surface area (TPSA) is 49.9 Å². The number of rotatable bonds is 2. The van der Waals surface area contributed by atoms with Crippen molar-refractivity contribution in [3.8, 4) is 5.75 Å². The summed E-state index contributed by atoms with van der Waals surface area (Å²) in [7, 11) is 1.60. The lowest BCUT2D eigenvalue weighted by Crippen LogP contribution is -2.36. The van der Waals surface area contributed by atoms with E-state index in [2.05, 4.69) is 0 Å². The fourth-order valence-corrected chi connectivity index (χ4v) is 2.35. The molecule has 1 saturated heterocycles. The number of benzene rings is 1. The third-order valence-electron chi connectivity index (χ3n) is 3.57. The van der Waals surface area contributed by atoms with Gasteiger partial charge in [-0.1, -0.05) is 0 Å². The van der Waals surface area contributed by atoms with E-state index < -0.39 is 0 Å². The van der Waals surface area contributed by atoms with Gasteiger partial charge in [0.15, 0.2) is 0 Å². The Morgan fingerprint density at radius 3 is 2.20 bits per heavy atom. The van der Waals surface area contributed by atoms with Crippen molar-refractivity contribution >= 4 is 11.8 Å². The van der Waals surface area contributed by atoms with Crippen molar-refractivity contribution in [1.29, 1.82) is 0 Å². The quantitative estimate of drug-likeness (QED) is 0.820. The maximum Gasteiger partial charge on any atom is 0.253 e. The molecule has 0 unspecified atom stereocenters. The average molecular weight is 276 g/mol. The molecule has 5 nitrogen and oxygen atoms in total. The van der Waals surface area contributed by atoms with Gasteiger partial charge in [0.05, 0.1) is 7.11 Å². The van der Waals surface area contributed by atoms with Gasteiger partial charge in [-0.25, -0.2) is 0 Å². The van der Waals surface area contributed by atoms with E-state index >= 15 is 0 Å². The number of ether oxygens (including phenoxy) is 1. The smallest absolute Gasteiger partial charge is 0.253 e. The molecule has 2 amide bonds. The molecule has 2 rings (SSSR count). The molecule has 1 aliphatic rings. The van der Waals surface area contributed by atoms with E-state index in [0.29, 0.717) is 25.2 Å². The van der Waals surface area contributed by atoms with Crippen molar-refractivity contribution in [1.82, 2.24) is 9.80 Å². The van der Waals surface area contributed by atoms with Crippen molar-refractivity contribution in [3.05, 3.63) is 29.8 Å². The largest absolute Gasteiger partial charge is 0.497 e. The molecule has 0 bridgehead atoms. The Hall–Kier alpha value is -2.04. The monoisotopic (exact) mass is 276 g/mol. The van der Waals surface area contributed by atoms with Crippen molar-refractivity contribution in [3.63, 3.8) is 0 Å². The molecular weight excluding hydrogens is 256 g/mol. The molecule has 20 heavy (non-hydrogen) atoms. The Bertz CT molecular complexity index is 484. The minimum Gasteiger partial charge on any atom is -0.497 e. The summed E-state index contributed by atoms with van der Waals surface area (Å²) >= 11 is 0. The van der Waals surface area contributed by atoms with Gasteiger partial charge in [-0.05, 0) is 30.7 Å². The van der Waals surface area contributed by atoms with E-state index in [1.165, 1.54) is 0 Å². The fraction of sp³-hybridized carbons (Fsp3) is 0.467. The molecule has 1 aromatic rings. The number of amides is 2. The van der Waals surface area contributed by atoms with Gasteiger partial charge < -0.3 is 14.5 Å². The lowest BCUT2D eigenvalue weighted by Gasteiger charge is -2.21. The molecule has 108 valence electrons. The molecule has 1 aromatic carbocycles. The highest BCUT2D eigenvalue weighted by atomic mass is 16.5. The van der Waals surface area contributed by atoms with E-state index in [-0.39, 0.29) is 11.8 Å². The standard InChI is InChI=1S/C15H20N2O3/c1-12(18)16-8-3-9-17(11-10-16)15(19)13-4-6-14(20-2)7-5-13/h4-7H,3,8-11H2,1-2H3. The molecular formula is C15H20N2O3. The third kappa shape index (κ3) is 3.29. The van der Waals surface area contributed by atoms with Crippen LogP contribution in [-0.2, 0) is 4.79 Å². The zero-order valence-electron chi connectivity index (χ0n) is 12.0. The summed E-state index contributed by atoms with van der Waals surface area (Å²) in [5.41, 5.74) is 0.655. The lowest BCUT2D eigenvalue weighted by molar-refractivity contribution is -0.128. The zero-order valence-corrected chi connectivity index (χ0v) is 12.0. The second-order valence-corrected chi connectivity index (χ2v) is 4.88. The van der Waals surface area contributed by atoms with Crippen LogP contribution in [0.15, 0.2) is 24.3 Å². The van der Waals surface area contributed by atoms with E-state index in [4.69, 9.17) is 4.74 Å². The summed E-state index contributed by atoms with van der Waals surface area (Å²) in [5.74, 6) is 0.821. The summed E-state index contributed by atoms with van der Waals surface area (Å²) in [6.45, 7) is 4.18. The maximum absolute atomic E-state index is 12.4. The van der Waals surface area contributed by atoms with Gasteiger partial charge in [0, 0.05) is 38.7 Å². The molecule has 0 aromatic heterocycles. The molecule has 0 aliphatic carbocycles. The number of methoxy groups -OCH3 is 1. The molecule has 1 heterocycles. The van der Waals surface area contributed by atoms with Crippen molar-refractivity contribution in [2.45, 2.75) is 13.3 Å². The molecule has 0 spiro atoms. The first-order valence-corrected chi connectivity index (χ1v) is 6.80. The summed E-state index contributed by atoms with van der Waals surface area (Å²) in [4.78, 5) is 27.4. The first-order chi connectivity index (χ1) is 9.61. The molecule has 0 atom stereocenters. The SMILES string of the molecule is COc1ccc(C(=O)N2CCCN(C(C)=O)CC2)cc1. The van der Waals surface area contributed by atoms with Gasteiger partial charge in [-0.2, -0.15) is 0 Å². The predicted molar refractivity (Wildman–Crippen MR) is 75.8 cm³/mol. The highest BCUT2D eigenvalue weighted by Crippen LogP contribution is 2.14. The van der Waals surface area contributed by atoms with Crippen LogP contribution >= 0.6 is 0 Å². The fourth-order valence-electron chi connectivity index (χ4n) is 2.35. The second kappa shape index (κ2) is 6.41. The Kier molecular flexibility index (Phi) is 4.61. The van der Waals surface area contributed by atoms with Crippen LogP contribution in [0, 0.1) is 0 Å².